The molecule has 0 aliphatic carbocycles. The third kappa shape index (κ3) is 2.44. The van der Waals surface area contributed by atoms with Crippen LogP contribution in [-0.4, -0.2) is 53.4 Å². The number of hydrogen-bond acceptors (Lipinski definition) is 5. The molecule has 1 aliphatic rings. The number of sulfone groups is 1. The molecule has 0 spiro atoms. The lowest BCUT2D eigenvalue weighted by Gasteiger charge is -2.35. The number of aryl methyl sites for hydroxylation is 2. The van der Waals surface area contributed by atoms with Gasteiger partial charge in [0, 0.05) is 19.6 Å². The fraction of sp³-hybridized carbons (Fsp3) is 0.636. The number of nitrogens with zero attached hydrogens (tertiary/aromatic N) is 3. The highest BCUT2D eigenvalue weighted by atomic mass is 32.2. The summed E-state index contributed by atoms with van der Waals surface area (Å²) in [6.07, 6.45) is 0. The Labute approximate surface area is 111 Å². The number of carboxylic acid groups (broad SMARTS) is 1. The lowest BCUT2D eigenvalue weighted by Crippen LogP contribution is -2.48. The second-order valence-electron chi connectivity index (χ2n) is 4.87. The van der Waals surface area contributed by atoms with Crippen molar-refractivity contribution in [1.29, 1.82) is 0 Å². The van der Waals surface area contributed by atoms with E-state index in [0.29, 0.717) is 18.1 Å². The molecule has 1 unspecified atom stereocenters. The Bertz CT molecular complexity index is 620. The molecule has 1 aromatic heterocycles. The van der Waals surface area contributed by atoms with Crippen molar-refractivity contribution >= 4 is 21.6 Å². The minimum absolute atomic E-state index is 0.0380. The van der Waals surface area contributed by atoms with Gasteiger partial charge < -0.3 is 10.0 Å². The van der Waals surface area contributed by atoms with Gasteiger partial charge in [0.25, 0.3) is 0 Å². The first-order valence-electron chi connectivity index (χ1n) is 5.97. The lowest BCUT2D eigenvalue weighted by molar-refractivity contribution is 0.0696. The Morgan fingerprint density at radius 3 is 2.63 bits per heavy atom. The van der Waals surface area contributed by atoms with Crippen LogP contribution < -0.4 is 4.90 Å². The molecule has 19 heavy (non-hydrogen) atoms. The van der Waals surface area contributed by atoms with Crippen LogP contribution in [0, 0.1) is 6.92 Å². The van der Waals surface area contributed by atoms with Crippen molar-refractivity contribution in [2.45, 2.75) is 19.9 Å². The molecule has 2 heterocycles. The van der Waals surface area contributed by atoms with E-state index in [0.717, 1.165) is 0 Å². The van der Waals surface area contributed by atoms with Crippen LogP contribution in [0.3, 0.4) is 0 Å². The van der Waals surface area contributed by atoms with E-state index in [-0.39, 0.29) is 23.1 Å². The van der Waals surface area contributed by atoms with E-state index < -0.39 is 15.8 Å². The molecule has 1 N–H and O–H groups in total. The zero-order valence-electron chi connectivity index (χ0n) is 11.1. The number of hydrogen-bond donors (Lipinski definition) is 1. The van der Waals surface area contributed by atoms with Crippen molar-refractivity contribution in [2.24, 2.45) is 7.05 Å². The SMILES string of the molecule is Cc1nn(C)c(N2CCS(=O)(=O)CC2C)c1C(=O)O. The summed E-state index contributed by atoms with van der Waals surface area (Å²) in [5, 5.41) is 13.4. The molecule has 0 saturated carbocycles. The molecule has 0 amide bonds. The molecule has 2 rings (SSSR count). The predicted octanol–water partition coefficient (Wildman–Crippen LogP) is 0.0500. The molecular formula is C11H17N3O4S. The number of aromatic nitrogens is 2. The standard InChI is InChI=1S/C11H17N3O4S/c1-7-6-19(17,18)5-4-14(7)10-9(11(15)16)8(2)12-13(10)3/h7H,4-6H2,1-3H3,(H,15,16). The largest absolute Gasteiger partial charge is 0.477 e. The topological polar surface area (TPSA) is 92.5 Å². The zero-order valence-corrected chi connectivity index (χ0v) is 11.9. The molecule has 1 atom stereocenters. The molecule has 1 saturated heterocycles. The van der Waals surface area contributed by atoms with Crippen LogP contribution in [0.25, 0.3) is 0 Å². The number of carbonyl (C=O) groups is 1. The Morgan fingerprint density at radius 1 is 1.47 bits per heavy atom. The van der Waals surface area contributed by atoms with Gasteiger partial charge in [-0.05, 0) is 13.8 Å². The average Bonchev–Trinajstić information content (AvgIpc) is 2.52. The zero-order chi connectivity index (χ0) is 14.4. The minimum atomic E-state index is -3.03. The van der Waals surface area contributed by atoms with E-state index in [2.05, 4.69) is 5.10 Å². The highest BCUT2D eigenvalue weighted by Crippen LogP contribution is 2.27. The normalized spacial score (nSPS) is 22.5. The maximum atomic E-state index is 11.6. The van der Waals surface area contributed by atoms with Crippen molar-refractivity contribution in [3.05, 3.63) is 11.3 Å². The molecular weight excluding hydrogens is 270 g/mol. The predicted molar refractivity (Wildman–Crippen MR) is 70.4 cm³/mol. The van der Waals surface area contributed by atoms with Crippen LogP contribution in [-0.2, 0) is 16.9 Å². The quantitative estimate of drug-likeness (QED) is 0.826. The van der Waals surface area contributed by atoms with Crippen molar-refractivity contribution in [1.82, 2.24) is 9.78 Å². The summed E-state index contributed by atoms with van der Waals surface area (Å²) < 4.78 is 24.7. The van der Waals surface area contributed by atoms with Crippen molar-refractivity contribution in [3.63, 3.8) is 0 Å². The van der Waals surface area contributed by atoms with Gasteiger partial charge in [0.05, 0.1) is 17.2 Å². The van der Waals surface area contributed by atoms with Gasteiger partial charge in [-0.15, -0.1) is 0 Å². The maximum absolute atomic E-state index is 11.6. The second kappa shape index (κ2) is 4.52. The van der Waals surface area contributed by atoms with E-state index in [1.807, 2.05) is 4.90 Å². The molecule has 7 nitrogen and oxygen atoms in total. The Kier molecular flexibility index (Phi) is 3.29. The third-order valence-corrected chi connectivity index (χ3v) is 5.14. The molecule has 0 radical (unpaired) electrons. The molecule has 0 bridgehead atoms. The molecule has 106 valence electrons. The summed E-state index contributed by atoms with van der Waals surface area (Å²) in [7, 11) is -1.36. The van der Waals surface area contributed by atoms with Gasteiger partial charge in [0.1, 0.15) is 11.4 Å². The summed E-state index contributed by atoms with van der Waals surface area (Å²) >= 11 is 0. The first-order chi connectivity index (χ1) is 8.73. The molecule has 8 heteroatoms. The van der Waals surface area contributed by atoms with Crippen molar-refractivity contribution in [3.8, 4) is 0 Å². The molecule has 0 aromatic carbocycles. The van der Waals surface area contributed by atoms with Gasteiger partial charge in [-0.25, -0.2) is 13.2 Å². The number of aromatic carboxylic acids is 1. The van der Waals surface area contributed by atoms with E-state index in [9.17, 15) is 18.3 Å². The van der Waals surface area contributed by atoms with E-state index >= 15 is 0 Å². The smallest absolute Gasteiger partial charge is 0.341 e. The number of rotatable bonds is 2. The summed E-state index contributed by atoms with van der Waals surface area (Å²) in [5.41, 5.74) is 0.583. The lowest BCUT2D eigenvalue weighted by atomic mass is 10.2. The minimum Gasteiger partial charge on any atom is -0.477 e. The second-order valence-corrected chi connectivity index (χ2v) is 7.10. The third-order valence-electron chi connectivity index (χ3n) is 3.35. The van der Waals surface area contributed by atoms with E-state index in [1.165, 1.54) is 4.68 Å². The van der Waals surface area contributed by atoms with Crippen LogP contribution in [0.5, 0.6) is 0 Å². The van der Waals surface area contributed by atoms with Crippen LogP contribution >= 0.6 is 0 Å². The van der Waals surface area contributed by atoms with Crippen LogP contribution in [0.15, 0.2) is 0 Å². The number of anilines is 1. The summed E-state index contributed by atoms with van der Waals surface area (Å²) in [4.78, 5) is 13.1. The van der Waals surface area contributed by atoms with Crippen molar-refractivity contribution < 1.29 is 18.3 Å². The monoisotopic (exact) mass is 287 g/mol. The van der Waals surface area contributed by atoms with Gasteiger partial charge in [-0.3, -0.25) is 4.68 Å². The highest BCUT2D eigenvalue weighted by Gasteiger charge is 2.33. The fourth-order valence-electron chi connectivity index (χ4n) is 2.54. The van der Waals surface area contributed by atoms with Gasteiger partial charge in [0.2, 0.25) is 0 Å². The van der Waals surface area contributed by atoms with Crippen LogP contribution in [0.1, 0.15) is 23.0 Å². The summed E-state index contributed by atoms with van der Waals surface area (Å²) in [6, 6.07) is -0.258. The van der Waals surface area contributed by atoms with E-state index in [1.54, 1.807) is 20.9 Å². The van der Waals surface area contributed by atoms with Crippen molar-refractivity contribution in [2.75, 3.05) is 23.0 Å². The summed E-state index contributed by atoms with van der Waals surface area (Å²) in [5.74, 6) is -0.481. The fourth-order valence-corrected chi connectivity index (χ4v) is 4.10. The molecule has 1 aliphatic heterocycles. The number of carboxylic acids is 1. The molecule has 1 aromatic rings. The van der Waals surface area contributed by atoms with Crippen LogP contribution in [0.4, 0.5) is 5.82 Å². The van der Waals surface area contributed by atoms with Gasteiger partial charge in [0.15, 0.2) is 9.84 Å². The Morgan fingerprint density at radius 2 is 2.11 bits per heavy atom. The van der Waals surface area contributed by atoms with Crippen LogP contribution in [0.2, 0.25) is 0 Å². The Balaban J connectivity index is 2.46. The first kappa shape index (κ1) is 13.9. The first-order valence-corrected chi connectivity index (χ1v) is 7.79. The van der Waals surface area contributed by atoms with Gasteiger partial charge >= 0.3 is 5.97 Å². The highest BCUT2D eigenvalue weighted by molar-refractivity contribution is 7.91. The van der Waals surface area contributed by atoms with Gasteiger partial charge in [-0.2, -0.15) is 5.10 Å². The molecule has 1 fully saturated rings. The van der Waals surface area contributed by atoms with Gasteiger partial charge in [-0.1, -0.05) is 0 Å². The summed E-state index contributed by atoms with van der Waals surface area (Å²) in [6.45, 7) is 3.71. The maximum Gasteiger partial charge on any atom is 0.341 e. The average molecular weight is 287 g/mol. The van der Waals surface area contributed by atoms with E-state index in [4.69, 9.17) is 0 Å². The Hall–Kier alpha value is -1.57.